The van der Waals surface area contributed by atoms with Crippen LogP contribution in [0, 0.1) is 15.3 Å². The number of hydrogen-bond donors (Lipinski definition) is 0. The SMILES string of the molecule is CCC(C)N1CCN(c2ccc(C(=O)N([O-])CCCCCCCCCCCCCCCCCCO[N+](=O)[O-])cn2)CC1. The first kappa shape index (κ1) is 35.7. The van der Waals surface area contributed by atoms with Crippen LogP contribution in [0.2, 0.25) is 0 Å². The molecule has 1 saturated heterocycles. The van der Waals surface area contributed by atoms with E-state index in [0.717, 1.165) is 76.9 Å². The van der Waals surface area contributed by atoms with Crippen LogP contribution in [0.4, 0.5) is 5.82 Å². The van der Waals surface area contributed by atoms with Gasteiger partial charge in [0.25, 0.3) is 5.09 Å². The maximum atomic E-state index is 12.5. The summed E-state index contributed by atoms with van der Waals surface area (Å²) in [5.74, 6) is 0.382. The van der Waals surface area contributed by atoms with E-state index < -0.39 is 11.0 Å². The molecular weight excluding hydrogens is 534 g/mol. The van der Waals surface area contributed by atoms with Crippen LogP contribution < -0.4 is 4.90 Å². The molecule has 1 aliphatic rings. The Morgan fingerprint density at radius 1 is 0.881 bits per heavy atom. The monoisotopic (exact) mass is 590 g/mol. The minimum Gasteiger partial charge on any atom is -0.756 e. The molecule has 2 rings (SSSR count). The number of carbonyl (C=O) groups is 1. The van der Waals surface area contributed by atoms with Gasteiger partial charge in [0.1, 0.15) is 5.82 Å². The number of carbonyl (C=O) groups excluding carboxylic acids is 1. The number of hydrogen-bond acceptors (Lipinski definition) is 8. The smallest absolute Gasteiger partial charge is 0.294 e. The van der Waals surface area contributed by atoms with Crippen molar-refractivity contribution in [2.24, 2.45) is 0 Å². The molecule has 1 amide bonds. The Kier molecular flexibility index (Phi) is 18.8. The van der Waals surface area contributed by atoms with E-state index in [1.165, 1.54) is 64.2 Å². The molecule has 0 bridgehead atoms. The van der Waals surface area contributed by atoms with Crippen LogP contribution in [0.15, 0.2) is 18.3 Å². The van der Waals surface area contributed by atoms with E-state index >= 15 is 0 Å². The van der Waals surface area contributed by atoms with Crippen molar-refractivity contribution in [2.45, 2.75) is 129 Å². The average molecular weight is 591 g/mol. The van der Waals surface area contributed by atoms with Gasteiger partial charge in [0.2, 0.25) is 5.91 Å². The van der Waals surface area contributed by atoms with Gasteiger partial charge in [-0.05, 0) is 38.3 Å². The fourth-order valence-corrected chi connectivity index (χ4v) is 5.57. The van der Waals surface area contributed by atoms with Gasteiger partial charge in [-0.15, -0.1) is 10.1 Å². The predicted octanol–water partition coefficient (Wildman–Crippen LogP) is 7.39. The summed E-state index contributed by atoms with van der Waals surface area (Å²) in [6.07, 6.45) is 21.1. The third kappa shape index (κ3) is 15.1. The highest BCUT2D eigenvalue weighted by molar-refractivity contribution is 5.94. The van der Waals surface area contributed by atoms with Crippen LogP contribution >= 0.6 is 0 Å². The molecule has 240 valence electrons. The fourth-order valence-electron chi connectivity index (χ4n) is 5.57. The Labute approximate surface area is 253 Å². The van der Waals surface area contributed by atoms with E-state index in [0.29, 0.717) is 16.7 Å². The molecule has 0 spiro atoms. The van der Waals surface area contributed by atoms with Crippen LogP contribution in [0.25, 0.3) is 0 Å². The number of unbranched alkanes of at least 4 members (excludes halogenated alkanes) is 15. The first-order chi connectivity index (χ1) is 20.4. The third-order valence-corrected chi connectivity index (χ3v) is 8.53. The zero-order valence-electron chi connectivity index (χ0n) is 26.4. The molecule has 1 aromatic heterocycles. The third-order valence-electron chi connectivity index (χ3n) is 8.53. The summed E-state index contributed by atoms with van der Waals surface area (Å²) in [5.41, 5.74) is 0.366. The molecule has 42 heavy (non-hydrogen) atoms. The number of aromatic nitrogens is 1. The number of pyridine rings is 1. The van der Waals surface area contributed by atoms with Crippen molar-refractivity contribution < 1.29 is 14.7 Å². The highest BCUT2D eigenvalue weighted by Gasteiger charge is 2.21. The Balaban J connectivity index is 1.40. The average Bonchev–Trinajstić information content (AvgIpc) is 3.01. The van der Waals surface area contributed by atoms with Gasteiger partial charge in [-0.25, -0.2) is 4.98 Å². The number of anilines is 1. The summed E-state index contributed by atoms with van der Waals surface area (Å²) >= 11 is 0. The quantitative estimate of drug-likeness (QED) is 0.0695. The Hall–Kier alpha value is -2.46. The number of amides is 1. The molecule has 1 aliphatic heterocycles. The van der Waals surface area contributed by atoms with Gasteiger partial charge in [-0.1, -0.05) is 96.8 Å². The number of rotatable bonds is 24. The molecule has 0 aliphatic carbocycles. The molecule has 1 aromatic rings. The van der Waals surface area contributed by atoms with Crippen LogP contribution in [-0.2, 0) is 4.84 Å². The minimum atomic E-state index is -0.718. The van der Waals surface area contributed by atoms with Gasteiger partial charge in [-0.2, -0.15) is 0 Å². The molecule has 1 atom stereocenters. The largest absolute Gasteiger partial charge is 0.756 e. The van der Waals surface area contributed by atoms with E-state index in [2.05, 4.69) is 33.5 Å². The zero-order valence-corrected chi connectivity index (χ0v) is 26.4. The molecular formula is C32H56N5O5-. The van der Waals surface area contributed by atoms with Crippen molar-refractivity contribution in [3.8, 4) is 0 Å². The van der Waals surface area contributed by atoms with Crippen molar-refractivity contribution in [3.05, 3.63) is 39.2 Å². The standard InChI is InChI=1S/C32H56N5O5/c1-3-29(2)34-23-25-35(26-24-34)31-21-20-30(28-33-31)32(38)36(39)22-18-16-14-12-10-8-6-4-5-7-9-11-13-15-17-19-27-42-37(40)41/h20-21,28-29H,3-19,22-27H2,1-2H3/q-1. The second kappa shape index (κ2) is 22.1. The van der Waals surface area contributed by atoms with Crippen molar-refractivity contribution in [3.63, 3.8) is 0 Å². The van der Waals surface area contributed by atoms with E-state index in [1.54, 1.807) is 12.3 Å². The first-order valence-electron chi connectivity index (χ1n) is 16.6. The second-order valence-corrected chi connectivity index (χ2v) is 11.8. The predicted molar refractivity (Wildman–Crippen MR) is 169 cm³/mol. The lowest BCUT2D eigenvalue weighted by Gasteiger charge is -2.38. The van der Waals surface area contributed by atoms with Crippen molar-refractivity contribution in [1.82, 2.24) is 14.9 Å². The van der Waals surface area contributed by atoms with Gasteiger partial charge in [-0.3, -0.25) is 9.69 Å². The summed E-state index contributed by atoms with van der Waals surface area (Å²) in [6.45, 7) is 8.84. The minimum absolute atomic E-state index is 0.220. The van der Waals surface area contributed by atoms with E-state index in [4.69, 9.17) is 0 Å². The van der Waals surface area contributed by atoms with E-state index in [9.17, 15) is 20.1 Å². The first-order valence-corrected chi connectivity index (χ1v) is 16.6. The molecule has 1 unspecified atom stereocenters. The second-order valence-electron chi connectivity index (χ2n) is 11.8. The van der Waals surface area contributed by atoms with Crippen molar-refractivity contribution in [2.75, 3.05) is 44.2 Å². The number of piperazine rings is 1. The van der Waals surface area contributed by atoms with Crippen LogP contribution in [0.1, 0.15) is 133 Å². The molecule has 0 saturated carbocycles. The lowest BCUT2D eigenvalue weighted by molar-refractivity contribution is -0.757. The molecule has 0 aromatic carbocycles. The van der Waals surface area contributed by atoms with Crippen LogP contribution in [0.3, 0.4) is 0 Å². The maximum Gasteiger partial charge on any atom is 0.294 e. The van der Waals surface area contributed by atoms with Gasteiger partial charge < -0.3 is 20.0 Å². The summed E-state index contributed by atoms with van der Waals surface area (Å²) in [5, 5.41) is 22.3. The molecule has 2 heterocycles. The maximum absolute atomic E-state index is 12.5. The lowest BCUT2D eigenvalue weighted by Crippen LogP contribution is -2.49. The number of hydroxylamine groups is 2. The molecule has 10 heteroatoms. The van der Waals surface area contributed by atoms with Crippen LogP contribution in [0.5, 0.6) is 0 Å². The van der Waals surface area contributed by atoms with Crippen LogP contribution in [-0.4, -0.2) is 71.3 Å². The molecule has 1 fully saturated rings. The van der Waals surface area contributed by atoms with Gasteiger partial charge in [0.15, 0.2) is 0 Å². The van der Waals surface area contributed by atoms with E-state index in [1.807, 2.05) is 6.07 Å². The molecule has 10 nitrogen and oxygen atoms in total. The zero-order chi connectivity index (χ0) is 30.4. The molecule has 0 radical (unpaired) electrons. The van der Waals surface area contributed by atoms with Crippen molar-refractivity contribution >= 4 is 11.7 Å². The van der Waals surface area contributed by atoms with Gasteiger partial charge in [0.05, 0.1) is 12.2 Å². The normalized spacial score (nSPS) is 14.6. The van der Waals surface area contributed by atoms with E-state index in [-0.39, 0.29) is 13.2 Å². The summed E-state index contributed by atoms with van der Waals surface area (Å²) < 4.78 is 0. The van der Waals surface area contributed by atoms with Gasteiger partial charge >= 0.3 is 0 Å². The summed E-state index contributed by atoms with van der Waals surface area (Å²) in [4.78, 5) is 36.2. The Morgan fingerprint density at radius 2 is 1.38 bits per heavy atom. The highest BCUT2D eigenvalue weighted by atomic mass is 16.9. The summed E-state index contributed by atoms with van der Waals surface area (Å²) in [6, 6.07) is 4.20. The molecule has 0 N–H and O–H groups in total. The topological polar surface area (TPSA) is 115 Å². The summed E-state index contributed by atoms with van der Waals surface area (Å²) in [7, 11) is 0. The fraction of sp³-hybridized carbons (Fsp3) is 0.812. The number of nitrogens with zero attached hydrogens (tertiary/aromatic N) is 5. The Morgan fingerprint density at radius 3 is 1.83 bits per heavy atom. The van der Waals surface area contributed by atoms with Crippen molar-refractivity contribution in [1.29, 1.82) is 0 Å². The van der Waals surface area contributed by atoms with Gasteiger partial charge in [0, 0.05) is 45.0 Å². The lowest BCUT2D eigenvalue weighted by atomic mass is 10.0. The Bertz CT molecular complexity index is 848. The highest BCUT2D eigenvalue weighted by Crippen LogP contribution is 2.18.